The van der Waals surface area contributed by atoms with Crippen molar-refractivity contribution in [1.82, 2.24) is 14.5 Å². The van der Waals surface area contributed by atoms with Crippen molar-refractivity contribution < 1.29 is 9.90 Å². The fraction of sp³-hybridized carbons (Fsp3) is 0.655. The molecule has 3 unspecified atom stereocenters. The van der Waals surface area contributed by atoms with E-state index in [0.717, 1.165) is 30.2 Å². The number of benzene rings is 1. The number of hydrogen-bond donors (Lipinski definition) is 2. The largest absolute Gasteiger partial charge is 0.481 e. The molecule has 1 aromatic carbocycles. The van der Waals surface area contributed by atoms with Gasteiger partial charge < -0.3 is 15.1 Å². The molecule has 5 atom stereocenters. The first-order chi connectivity index (χ1) is 17.5. The quantitative estimate of drug-likeness (QED) is 0.545. The molecule has 7 heteroatoms. The maximum absolute atomic E-state index is 13.8. The van der Waals surface area contributed by atoms with Crippen LogP contribution >= 0.6 is 0 Å². The second-order valence-corrected chi connectivity index (χ2v) is 11.8. The highest BCUT2D eigenvalue weighted by Crippen LogP contribution is 2.47. The number of carbonyl (C=O) groups is 1. The standard InChI is InChI=1S/C29H38N4O3/c30-24(11-12-27(34)35)28-29(36)33(26-8-4-3-7-25(26)31-28)23-16-20-9-10-21(17-23)32(20)22-14-18-5-1-2-6-19(13-18)15-22/h3-4,7-8,18-23,30H,1-2,5-6,9-17H2,(H,34,35)/t18?,19?,20-,21+,22?,23?. The summed E-state index contributed by atoms with van der Waals surface area (Å²) in [6.07, 6.45) is 14.0. The van der Waals surface area contributed by atoms with E-state index < -0.39 is 5.97 Å². The molecule has 36 heavy (non-hydrogen) atoms. The lowest BCUT2D eigenvalue weighted by Crippen LogP contribution is -2.52. The Balaban J connectivity index is 1.29. The first-order valence-electron chi connectivity index (χ1n) is 14.1. The zero-order chi connectivity index (χ0) is 24.8. The van der Waals surface area contributed by atoms with E-state index in [0.29, 0.717) is 23.6 Å². The normalized spacial score (nSPS) is 32.3. The van der Waals surface area contributed by atoms with Crippen molar-refractivity contribution in [3.05, 3.63) is 40.3 Å². The third-order valence-corrected chi connectivity index (χ3v) is 9.57. The van der Waals surface area contributed by atoms with Gasteiger partial charge in [0.15, 0.2) is 0 Å². The summed E-state index contributed by atoms with van der Waals surface area (Å²) in [6, 6.07) is 9.56. The first-order valence-corrected chi connectivity index (χ1v) is 14.1. The number of carboxylic acids is 1. The maximum Gasteiger partial charge on any atom is 0.303 e. The van der Waals surface area contributed by atoms with Crippen molar-refractivity contribution in [1.29, 1.82) is 5.41 Å². The summed E-state index contributed by atoms with van der Waals surface area (Å²) < 4.78 is 1.91. The Kier molecular flexibility index (Phi) is 6.44. The summed E-state index contributed by atoms with van der Waals surface area (Å²) in [5.74, 6) is 0.839. The third kappa shape index (κ3) is 4.40. The maximum atomic E-state index is 13.8. The molecule has 2 aliphatic heterocycles. The topological polar surface area (TPSA) is 99.3 Å². The molecule has 0 radical (unpaired) electrons. The van der Waals surface area contributed by atoms with E-state index in [2.05, 4.69) is 9.88 Å². The zero-order valence-electron chi connectivity index (χ0n) is 21.1. The molecule has 1 aromatic heterocycles. The van der Waals surface area contributed by atoms with Gasteiger partial charge in [0.2, 0.25) is 0 Å². The number of fused-ring (bicyclic) bond motifs is 5. The number of aromatic nitrogens is 2. The van der Waals surface area contributed by atoms with Gasteiger partial charge in [0.25, 0.3) is 5.56 Å². The summed E-state index contributed by atoms with van der Waals surface area (Å²) in [5.41, 5.74) is 1.44. The molecule has 2 saturated carbocycles. The van der Waals surface area contributed by atoms with E-state index in [1.54, 1.807) is 0 Å². The summed E-state index contributed by atoms with van der Waals surface area (Å²) >= 11 is 0. The number of rotatable bonds is 6. The van der Waals surface area contributed by atoms with Crippen molar-refractivity contribution >= 4 is 22.7 Å². The van der Waals surface area contributed by atoms with E-state index in [1.165, 1.54) is 57.8 Å². The number of piperidine rings is 1. The van der Waals surface area contributed by atoms with Crippen molar-refractivity contribution in [2.45, 2.75) is 108 Å². The third-order valence-electron chi connectivity index (χ3n) is 9.57. The highest BCUT2D eigenvalue weighted by Gasteiger charge is 2.47. The monoisotopic (exact) mass is 490 g/mol. The Bertz CT molecular complexity index is 1190. The summed E-state index contributed by atoms with van der Waals surface area (Å²) in [6.45, 7) is 0. The van der Waals surface area contributed by atoms with Crippen LogP contribution in [-0.4, -0.2) is 49.4 Å². The van der Waals surface area contributed by atoms with Crippen LogP contribution in [0, 0.1) is 17.2 Å². The minimum Gasteiger partial charge on any atom is -0.481 e. The lowest BCUT2D eigenvalue weighted by molar-refractivity contribution is -0.136. The Hall–Kier alpha value is -2.54. The predicted octanol–water partition coefficient (Wildman–Crippen LogP) is 5.16. The van der Waals surface area contributed by atoms with E-state index in [1.807, 2.05) is 28.8 Å². The van der Waals surface area contributed by atoms with Gasteiger partial charge in [0.05, 0.1) is 23.2 Å². The molecular formula is C29H38N4O3. The van der Waals surface area contributed by atoms with Gasteiger partial charge in [0, 0.05) is 30.6 Å². The van der Waals surface area contributed by atoms with Crippen LogP contribution < -0.4 is 5.56 Å². The molecule has 2 aliphatic carbocycles. The Morgan fingerprint density at radius 1 is 0.889 bits per heavy atom. The molecule has 4 bridgehead atoms. The van der Waals surface area contributed by atoms with Crippen molar-refractivity contribution in [2.75, 3.05) is 0 Å². The van der Waals surface area contributed by atoms with Crippen molar-refractivity contribution in [3.8, 4) is 0 Å². The Labute approximate surface area is 212 Å². The molecule has 6 rings (SSSR count). The van der Waals surface area contributed by atoms with Crippen LogP contribution in [0.2, 0.25) is 0 Å². The molecular weight excluding hydrogens is 452 g/mol. The number of carboxylic acid groups (broad SMARTS) is 1. The van der Waals surface area contributed by atoms with Crippen LogP contribution in [0.3, 0.4) is 0 Å². The van der Waals surface area contributed by atoms with Crippen LogP contribution in [0.1, 0.15) is 95.2 Å². The van der Waals surface area contributed by atoms with Crippen molar-refractivity contribution in [3.63, 3.8) is 0 Å². The van der Waals surface area contributed by atoms with Gasteiger partial charge in [-0.1, -0.05) is 37.8 Å². The van der Waals surface area contributed by atoms with E-state index in [-0.39, 0.29) is 35.8 Å². The minimum absolute atomic E-state index is 0.0175. The van der Waals surface area contributed by atoms with Crippen LogP contribution in [0.4, 0.5) is 0 Å². The van der Waals surface area contributed by atoms with E-state index >= 15 is 0 Å². The Morgan fingerprint density at radius 3 is 2.22 bits per heavy atom. The van der Waals surface area contributed by atoms with Gasteiger partial charge in [-0.3, -0.25) is 14.5 Å². The van der Waals surface area contributed by atoms with Crippen molar-refractivity contribution in [2.24, 2.45) is 11.8 Å². The van der Waals surface area contributed by atoms with Gasteiger partial charge in [-0.2, -0.15) is 0 Å². The van der Waals surface area contributed by atoms with Gasteiger partial charge in [-0.05, 0) is 68.9 Å². The molecule has 0 amide bonds. The molecule has 4 fully saturated rings. The molecule has 192 valence electrons. The van der Waals surface area contributed by atoms with Gasteiger partial charge >= 0.3 is 5.97 Å². The number of nitrogens with one attached hydrogen (secondary N) is 1. The molecule has 2 aromatic rings. The van der Waals surface area contributed by atoms with Gasteiger partial charge in [0.1, 0.15) is 5.69 Å². The van der Waals surface area contributed by atoms with E-state index in [9.17, 15) is 9.59 Å². The summed E-state index contributed by atoms with van der Waals surface area (Å²) in [7, 11) is 0. The average molecular weight is 491 g/mol. The SMILES string of the molecule is N=C(CCC(=O)O)c1nc2ccccc2n(C2C[C@H]3CC[C@@H](C2)N3C2CC3CCCCC(C3)C2)c1=O. The summed E-state index contributed by atoms with van der Waals surface area (Å²) in [5, 5.41) is 17.5. The lowest BCUT2D eigenvalue weighted by Gasteiger charge is -2.48. The molecule has 3 heterocycles. The number of hydrogen-bond acceptors (Lipinski definition) is 5. The second kappa shape index (κ2) is 9.73. The molecule has 7 nitrogen and oxygen atoms in total. The smallest absolute Gasteiger partial charge is 0.303 e. The lowest BCUT2D eigenvalue weighted by atomic mass is 9.76. The van der Waals surface area contributed by atoms with E-state index in [4.69, 9.17) is 10.5 Å². The zero-order valence-corrected chi connectivity index (χ0v) is 21.1. The average Bonchev–Trinajstić information content (AvgIpc) is 3.02. The van der Waals surface area contributed by atoms with Gasteiger partial charge in [-0.15, -0.1) is 0 Å². The predicted molar refractivity (Wildman–Crippen MR) is 140 cm³/mol. The fourth-order valence-corrected chi connectivity index (χ4v) is 8.17. The van der Waals surface area contributed by atoms with Crippen LogP contribution in [0.5, 0.6) is 0 Å². The minimum atomic E-state index is -0.965. The number of para-hydroxylation sites is 2. The number of nitrogens with zero attached hydrogens (tertiary/aromatic N) is 3. The van der Waals surface area contributed by atoms with Crippen LogP contribution in [0.15, 0.2) is 29.1 Å². The molecule has 0 spiro atoms. The highest BCUT2D eigenvalue weighted by molar-refractivity contribution is 5.98. The number of aliphatic carboxylic acids is 1. The molecule has 2 saturated heterocycles. The van der Waals surface area contributed by atoms with Gasteiger partial charge in [-0.25, -0.2) is 4.98 Å². The summed E-state index contributed by atoms with van der Waals surface area (Å²) in [4.78, 5) is 32.2. The molecule has 2 N–H and O–H groups in total. The second-order valence-electron chi connectivity index (χ2n) is 11.8. The highest BCUT2D eigenvalue weighted by atomic mass is 16.4. The molecule has 4 aliphatic rings. The van der Waals surface area contributed by atoms with Crippen LogP contribution in [0.25, 0.3) is 11.0 Å². The Morgan fingerprint density at radius 2 is 1.56 bits per heavy atom. The van der Waals surface area contributed by atoms with Crippen LogP contribution in [-0.2, 0) is 4.79 Å². The first kappa shape index (κ1) is 23.8. The fourth-order valence-electron chi connectivity index (χ4n) is 8.17.